The number of ether oxygens (including phenoxy) is 1. The normalized spacial score (nSPS) is 11.2. The highest BCUT2D eigenvalue weighted by molar-refractivity contribution is 7.99. The highest BCUT2D eigenvalue weighted by Crippen LogP contribution is 2.31. The van der Waals surface area contributed by atoms with E-state index >= 15 is 0 Å². The van der Waals surface area contributed by atoms with Crippen LogP contribution in [0.15, 0.2) is 35.5 Å². The third-order valence-corrected chi connectivity index (χ3v) is 7.26. The summed E-state index contributed by atoms with van der Waals surface area (Å²) in [7, 11) is 0. The molecule has 0 aliphatic heterocycles. The maximum atomic E-state index is 12.5. The molecule has 3 aromatic heterocycles. The fourth-order valence-electron chi connectivity index (χ4n) is 2.81. The Kier molecular flexibility index (Phi) is 5.84. The van der Waals surface area contributed by atoms with Crippen molar-refractivity contribution in [3.63, 3.8) is 0 Å². The Hall–Kier alpha value is -2.43. The summed E-state index contributed by atoms with van der Waals surface area (Å²) in [5.41, 5.74) is 1.43. The zero-order chi connectivity index (χ0) is 20.4. The van der Waals surface area contributed by atoms with Crippen LogP contribution in [0.3, 0.4) is 0 Å². The fourth-order valence-corrected chi connectivity index (χ4v) is 5.58. The standard InChI is InChI=1S/C19H18N4O3S3/c1-3-11-9-12(17(25)26-4-2)16(28-11)20-15(24)10-27-18-21-22-19-23(18)13-7-5-6-8-14(13)29-19/h5-9H,3-4,10H2,1-2H3,(H,20,24). The summed E-state index contributed by atoms with van der Waals surface area (Å²) in [5.74, 6) is -0.469. The Morgan fingerprint density at radius 2 is 2.03 bits per heavy atom. The molecule has 0 spiro atoms. The molecular formula is C19H18N4O3S3. The van der Waals surface area contributed by atoms with Crippen LogP contribution in [0.25, 0.3) is 15.2 Å². The number of anilines is 1. The summed E-state index contributed by atoms with van der Waals surface area (Å²) in [4.78, 5) is 26.5. The molecule has 0 saturated heterocycles. The van der Waals surface area contributed by atoms with Gasteiger partial charge < -0.3 is 10.1 Å². The molecule has 7 nitrogen and oxygen atoms in total. The minimum atomic E-state index is -0.421. The lowest BCUT2D eigenvalue weighted by molar-refractivity contribution is -0.113. The van der Waals surface area contributed by atoms with E-state index in [0.717, 1.165) is 26.5 Å². The average Bonchev–Trinajstić information content (AvgIpc) is 3.40. The number of thioether (sulfide) groups is 1. The molecule has 1 N–H and O–H groups in total. The molecule has 10 heteroatoms. The number of aromatic nitrogens is 3. The summed E-state index contributed by atoms with van der Waals surface area (Å²) in [6.45, 7) is 4.05. The van der Waals surface area contributed by atoms with Gasteiger partial charge in [0.05, 0.1) is 28.1 Å². The smallest absolute Gasteiger partial charge is 0.341 e. The highest BCUT2D eigenvalue weighted by atomic mass is 32.2. The molecule has 0 saturated carbocycles. The predicted octanol–water partition coefficient (Wildman–Crippen LogP) is 4.48. The van der Waals surface area contributed by atoms with Crippen molar-refractivity contribution in [3.8, 4) is 0 Å². The topological polar surface area (TPSA) is 85.6 Å². The van der Waals surface area contributed by atoms with Gasteiger partial charge in [-0.05, 0) is 31.5 Å². The molecule has 0 fully saturated rings. The van der Waals surface area contributed by atoms with E-state index in [2.05, 4.69) is 15.5 Å². The maximum absolute atomic E-state index is 12.5. The van der Waals surface area contributed by atoms with Crippen molar-refractivity contribution in [1.29, 1.82) is 0 Å². The van der Waals surface area contributed by atoms with E-state index in [0.29, 0.717) is 15.7 Å². The van der Waals surface area contributed by atoms with E-state index in [-0.39, 0.29) is 18.3 Å². The van der Waals surface area contributed by atoms with E-state index in [1.54, 1.807) is 24.3 Å². The number of benzene rings is 1. The number of rotatable bonds is 7. The van der Waals surface area contributed by atoms with Crippen LogP contribution in [0.4, 0.5) is 5.00 Å². The lowest BCUT2D eigenvalue weighted by Crippen LogP contribution is -2.16. The van der Waals surface area contributed by atoms with Crippen LogP contribution in [0.1, 0.15) is 29.1 Å². The van der Waals surface area contributed by atoms with Gasteiger partial charge in [-0.3, -0.25) is 9.20 Å². The third kappa shape index (κ3) is 4.00. The number of hydrogen-bond acceptors (Lipinski definition) is 8. The third-order valence-electron chi connectivity index (χ3n) is 4.12. The number of amides is 1. The fraction of sp³-hybridized carbons (Fsp3) is 0.263. The van der Waals surface area contributed by atoms with Gasteiger partial charge in [-0.25, -0.2) is 4.79 Å². The molecule has 150 valence electrons. The second kappa shape index (κ2) is 8.52. The van der Waals surface area contributed by atoms with Crippen molar-refractivity contribution in [2.45, 2.75) is 25.4 Å². The van der Waals surface area contributed by atoms with Crippen molar-refractivity contribution in [2.24, 2.45) is 0 Å². The Labute approximate surface area is 179 Å². The summed E-state index contributed by atoms with van der Waals surface area (Å²) in [6.07, 6.45) is 0.782. The maximum Gasteiger partial charge on any atom is 0.341 e. The molecule has 4 rings (SSSR count). The molecule has 0 radical (unpaired) electrons. The number of nitrogens with one attached hydrogen (secondary N) is 1. The zero-order valence-electron chi connectivity index (χ0n) is 15.8. The molecule has 0 aliphatic carbocycles. The molecule has 29 heavy (non-hydrogen) atoms. The monoisotopic (exact) mass is 446 g/mol. The van der Waals surface area contributed by atoms with Gasteiger partial charge in [0.25, 0.3) is 0 Å². The molecule has 0 unspecified atom stereocenters. The quantitative estimate of drug-likeness (QED) is 0.333. The van der Waals surface area contributed by atoms with E-state index in [1.807, 2.05) is 35.6 Å². The van der Waals surface area contributed by atoms with Crippen molar-refractivity contribution >= 4 is 66.5 Å². The van der Waals surface area contributed by atoms with Crippen LogP contribution in [0, 0.1) is 0 Å². The van der Waals surface area contributed by atoms with Crippen molar-refractivity contribution in [3.05, 3.63) is 40.8 Å². The first-order valence-electron chi connectivity index (χ1n) is 9.05. The van der Waals surface area contributed by atoms with E-state index in [9.17, 15) is 9.59 Å². The number of aryl methyl sites for hydroxylation is 1. The number of thiophene rings is 1. The van der Waals surface area contributed by atoms with Gasteiger partial charge >= 0.3 is 5.97 Å². The second-order valence-electron chi connectivity index (χ2n) is 6.04. The first-order chi connectivity index (χ1) is 14.1. The number of para-hydroxylation sites is 1. The van der Waals surface area contributed by atoms with Crippen LogP contribution < -0.4 is 5.32 Å². The number of carbonyl (C=O) groups excluding carboxylic acids is 2. The predicted molar refractivity (Wildman–Crippen MR) is 117 cm³/mol. The van der Waals surface area contributed by atoms with Crippen molar-refractivity contribution in [2.75, 3.05) is 17.7 Å². The lowest BCUT2D eigenvalue weighted by atomic mass is 10.2. The van der Waals surface area contributed by atoms with E-state index in [1.165, 1.54) is 23.1 Å². The number of thiazole rings is 1. The molecular weight excluding hydrogens is 428 g/mol. The zero-order valence-corrected chi connectivity index (χ0v) is 18.2. The molecule has 0 bridgehead atoms. The average molecular weight is 447 g/mol. The number of esters is 1. The molecule has 0 aliphatic rings. The van der Waals surface area contributed by atoms with Crippen LogP contribution >= 0.6 is 34.4 Å². The largest absolute Gasteiger partial charge is 0.462 e. The van der Waals surface area contributed by atoms with Crippen LogP contribution in [0.2, 0.25) is 0 Å². The van der Waals surface area contributed by atoms with Gasteiger partial charge in [-0.1, -0.05) is 42.2 Å². The molecule has 3 heterocycles. The van der Waals surface area contributed by atoms with Gasteiger partial charge in [0.15, 0.2) is 5.16 Å². The second-order valence-corrected chi connectivity index (χ2v) is 9.13. The lowest BCUT2D eigenvalue weighted by Gasteiger charge is -2.05. The molecule has 4 aromatic rings. The summed E-state index contributed by atoms with van der Waals surface area (Å²) in [6, 6.07) is 9.78. The number of fused-ring (bicyclic) bond motifs is 3. The van der Waals surface area contributed by atoms with Crippen LogP contribution in [-0.2, 0) is 16.0 Å². The van der Waals surface area contributed by atoms with E-state index < -0.39 is 5.97 Å². The van der Waals surface area contributed by atoms with Gasteiger partial charge in [0.2, 0.25) is 10.9 Å². The van der Waals surface area contributed by atoms with Gasteiger partial charge in [-0.2, -0.15) is 0 Å². The van der Waals surface area contributed by atoms with Gasteiger partial charge in [-0.15, -0.1) is 21.5 Å². The minimum absolute atomic E-state index is 0.159. The highest BCUT2D eigenvalue weighted by Gasteiger charge is 2.19. The molecule has 1 aromatic carbocycles. The SMILES string of the molecule is CCOC(=O)c1cc(CC)sc1NC(=O)CSc1nnc2sc3ccccc3n12. The molecule has 0 atom stereocenters. The number of carbonyl (C=O) groups is 2. The minimum Gasteiger partial charge on any atom is -0.462 e. The van der Waals surface area contributed by atoms with Gasteiger partial charge in [0, 0.05) is 4.88 Å². The Morgan fingerprint density at radius 3 is 2.83 bits per heavy atom. The van der Waals surface area contributed by atoms with Crippen molar-refractivity contribution in [1.82, 2.24) is 14.6 Å². The first kappa shape index (κ1) is 19.9. The first-order valence-corrected chi connectivity index (χ1v) is 11.7. The van der Waals surface area contributed by atoms with Gasteiger partial charge in [0.1, 0.15) is 5.00 Å². The Morgan fingerprint density at radius 1 is 1.21 bits per heavy atom. The number of nitrogens with zero attached hydrogens (tertiary/aromatic N) is 3. The Bertz CT molecular complexity index is 1190. The van der Waals surface area contributed by atoms with Crippen molar-refractivity contribution < 1.29 is 14.3 Å². The van der Waals surface area contributed by atoms with E-state index in [4.69, 9.17) is 4.74 Å². The summed E-state index contributed by atoms with van der Waals surface area (Å²) >= 11 is 4.27. The van der Waals surface area contributed by atoms with Crippen LogP contribution in [0.5, 0.6) is 0 Å². The number of hydrogen-bond donors (Lipinski definition) is 1. The Balaban J connectivity index is 1.49. The summed E-state index contributed by atoms with van der Waals surface area (Å²) in [5, 5.41) is 12.5. The summed E-state index contributed by atoms with van der Waals surface area (Å²) < 4.78 is 8.18. The van der Waals surface area contributed by atoms with Crippen LogP contribution in [-0.4, -0.2) is 38.8 Å². The molecule has 1 amide bonds.